The average molecular weight is 370 g/mol. The van der Waals surface area contributed by atoms with Crippen molar-refractivity contribution in [2.24, 2.45) is 28.3 Å². The molecule has 4 nitrogen and oxygen atoms in total. The van der Waals surface area contributed by atoms with Crippen LogP contribution in [0, 0.1) is 35.5 Å². The monoisotopic (exact) mass is 369 g/mol. The molecule has 4 aliphatic carbocycles. The standard InChI is InChI=1S/C23H31NO3/c1-4-22-12-10-19-18-9-7-17(24-26)14-16(18)6-8-20(19)21(22)11-13-23(22,5-2)27-15(3)25/h2,19-21,26H,4,6-14H2,1,3H3/b24-17-/t19-,20-,21+,22+,23+/m1/s1. The van der Waals surface area contributed by atoms with Crippen LogP contribution >= 0.6 is 0 Å². The molecule has 4 heteroatoms. The number of fused-ring (bicyclic) bond motifs is 4. The summed E-state index contributed by atoms with van der Waals surface area (Å²) in [4.78, 5) is 11.9. The molecule has 0 saturated heterocycles. The minimum Gasteiger partial charge on any atom is -0.445 e. The van der Waals surface area contributed by atoms with E-state index in [1.807, 2.05) is 0 Å². The largest absolute Gasteiger partial charge is 0.445 e. The number of terminal acetylenes is 1. The fourth-order valence-corrected chi connectivity index (χ4v) is 7.33. The van der Waals surface area contributed by atoms with E-state index in [9.17, 15) is 4.79 Å². The first-order valence-corrected chi connectivity index (χ1v) is 10.6. The van der Waals surface area contributed by atoms with Crippen molar-refractivity contribution in [1.82, 2.24) is 0 Å². The second-order valence-electron chi connectivity index (χ2n) is 9.04. The number of ether oxygens (including phenoxy) is 1. The van der Waals surface area contributed by atoms with E-state index in [1.54, 1.807) is 5.57 Å². The highest BCUT2D eigenvalue weighted by Gasteiger charge is 2.65. The van der Waals surface area contributed by atoms with Gasteiger partial charge in [-0.25, -0.2) is 0 Å². The molecule has 0 heterocycles. The number of rotatable bonds is 2. The third kappa shape index (κ3) is 2.57. The summed E-state index contributed by atoms with van der Waals surface area (Å²) in [5.74, 6) is 4.55. The van der Waals surface area contributed by atoms with Crippen LogP contribution in [-0.4, -0.2) is 22.5 Å². The molecule has 0 aromatic rings. The molecule has 0 aliphatic heterocycles. The Morgan fingerprint density at radius 3 is 2.78 bits per heavy atom. The maximum atomic E-state index is 11.9. The van der Waals surface area contributed by atoms with Gasteiger partial charge in [0.25, 0.3) is 0 Å². The first-order chi connectivity index (χ1) is 13.0. The number of oxime groups is 1. The second kappa shape index (κ2) is 6.69. The van der Waals surface area contributed by atoms with Gasteiger partial charge in [0.15, 0.2) is 5.60 Å². The molecule has 0 aromatic heterocycles. The molecular formula is C23H31NO3. The maximum Gasteiger partial charge on any atom is 0.304 e. The van der Waals surface area contributed by atoms with E-state index in [0.717, 1.165) is 63.5 Å². The van der Waals surface area contributed by atoms with Crippen molar-refractivity contribution in [2.45, 2.75) is 83.7 Å². The van der Waals surface area contributed by atoms with Crippen LogP contribution in [0.5, 0.6) is 0 Å². The van der Waals surface area contributed by atoms with E-state index >= 15 is 0 Å². The van der Waals surface area contributed by atoms with Crippen molar-refractivity contribution in [3.63, 3.8) is 0 Å². The Kier molecular flexibility index (Phi) is 4.61. The second-order valence-corrected chi connectivity index (χ2v) is 9.04. The Bertz CT molecular complexity index is 745. The van der Waals surface area contributed by atoms with Crippen molar-refractivity contribution in [3.8, 4) is 12.3 Å². The molecule has 0 radical (unpaired) electrons. The lowest BCUT2D eigenvalue weighted by Crippen LogP contribution is -2.54. The first-order valence-electron chi connectivity index (χ1n) is 10.6. The third-order valence-corrected chi connectivity index (χ3v) is 8.36. The van der Waals surface area contributed by atoms with Gasteiger partial charge in [0.2, 0.25) is 0 Å². The van der Waals surface area contributed by atoms with E-state index in [4.69, 9.17) is 16.4 Å². The van der Waals surface area contributed by atoms with Gasteiger partial charge in [-0.3, -0.25) is 4.79 Å². The fourth-order valence-electron chi connectivity index (χ4n) is 7.33. The third-order valence-electron chi connectivity index (χ3n) is 8.36. The summed E-state index contributed by atoms with van der Waals surface area (Å²) >= 11 is 0. The van der Waals surface area contributed by atoms with Crippen LogP contribution < -0.4 is 0 Å². The number of hydrogen-bond donors (Lipinski definition) is 1. The first kappa shape index (κ1) is 18.6. The molecule has 2 saturated carbocycles. The van der Waals surface area contributed by atoms with Crippen molar-refractivity contribution in [2.75, 3.05) is 0 Å². The lowest BCUT2D eigenvalue weighted by atomic mass is 9.51. The lowest BCUT2D eigenvalue weighted by molar-refractivity contribution is -0.169. The number of hydrogen-bond acceptors (Lipinski definition) is 4. The molecule has 1 N–H and O–H groups in total. The summed E-state index contributed by atoms with van der Waals surface area (Å²) in [5.41, 5.74) is 3.32. The molecule has 4 rings (SSSR count). The van der Waals surface area contributed by atoms with Gasteiger partial charge in [-0.1, -0.05) is 29.1 Å². The molecule has 0 amide bonds. The van der Waals surface area contributed by atoms with Crippen molar-refractivity contribution in [3.05, 3.63) is 11.1 Å². The van der Waals surface area contributed by atoms with E-state index < -0.39 is 5.60 Å². The predicted octanol–water partition coefficient (Wildman–Crippen LogP) is 4.86. The zero-order valence-electron chi connectivity index (χ0n) is 16.6. The highest BCUT2D eigenvalue weighted by atomic mass is 16.6. The summed E-state index contributed by atoms with van der Waals surface area (Å²) in [5, 5.41) is 12.7. The highest BCUT2D eigenvalue weighted by molar-refractivity contribution is 5.87. The smallest absolute Gasteiger partial charge is 0.304 e. The summed E-state index contributed by atoms with van der Waals surface area (Å²) in [6, 6.07) is 0. The van der Waals surface area contributed by atoms with Gasteiger partial charge >= 0.3 is 5.97 Å². The van der Waals surface area contributed by atoms with Gasteiger partial charge in [0, 0.05) is 18.8 Å². The van der Waals surface area contributed by atoms with Crippen LogP contribution in [-0.2, 0) is 9.53 Å². The van der Waals surface area contributed by atoms with Crippen LogP contribution in [0.4, 0.5) is 0 Å². The highest BCUT2D eigenvalue weighted by Crippen LogP contribution is 2.66. The van der Waals surface area contributed by atoms with Gasteiger partial charge in [0.05, 0.1) is 5.71 Å². The van der Waals surface area contributed by atoms with E-state index in [1.165, 1.54) is 18.9 Å². The van der Waals surface area contributed by atoms with Crippen molar-refractivity contribution in [1.29, 1.82) is 0 Å². The molecule has 0 unspecified atom stereocenters. The Morgan fingerprint density at radius 1 is 1.30 bits per heavy atom. The van der Waals surface area contributed by atoms with Gasteiger partial charge in [-0.15, -0.1) is 6.42 Å². The average Bonchev–Trinajstić information content (AvgIpc) is 3.01. The summed E-state index contributed by atoms with van der Waals surface area (Å²) in [6.45, 7) is 3.72. The van der Waals surface area contributed by atoms with Crippen LogP contribution in [0.2, 0.25) is 0 Å². The molecular weight excluding hydrogens is 338 g/mol. The lowest BCUT2D eigenvalue weighted by Gasteiger charge is -2.55. The molecule has 5 atom stereocenters. The topological polar surface area (TPSA) is 58.9 Å². The normalized spacial score (nSPS) is 42.1. The molecule has 0 bridgehead atoms. The van der Waals surface area contributed by atoms with E-state index in [0.29, 0.717) is 17.8 Å². The van der Waals surface area contributed by atoms with E-state index in [-0.39, 0.29) is 11.4 Å². The summed E-state index contributed by atoms with van der Waals surface area (Å²) < 4.78 is 5.90. The van der Waals surface area contributed by atoms with Crippen LogP contribution in [0.1, 0.15) is 78.1 Å². The molecule has 4 aliphatic rings. The Morgan fingerprint density at radius 2 is 2.11 bits per heavy atom. The Balaban J connectivity index is 1.67. The van der Waals surface area contributed by atoms with Gasteiger partial charge < -0.3 is 9.94 Å². The van der Waals surface area contributed by atoms with Gasteiger partial charge in [0.1, 0.15) is 0 Å². The fraction of sp³-hybridized carbons (Fsp3) is 0.739. The minimum atomic E-state index is -0.721. The van der Waals surface area contributed by atoms with Crippen LogP contribution in [0.15, 0.2) is 16.3 Å². The number of carbonyl (C=O) groups is 1. The number of esters is 1. The summed E-state index contributed by atoms with van der Waals surface area (Å²) in [7, 11) is 0. The maximum absolute atomic E-state index is 11.9. The van der Waals surface area contributed by atoms with Crippen LogP contribution in [0.3, 0.4) is 0 Å². The minimum absolute atomic E-state index is 0.0704. The molecule has 0 spiro atoms. The zero-order chi connectivity index (χ0) is 19.2. The van der Waals surface area contributed by atoms with Crippen LogP contribution in [0.25, 0.3) is 0 Å². The molecule has 146 valence electrons. The van der Waals surface area contributed by atoms with Gasteiger partial charge in [-0.2, -0.15) is 0 Å². The van der Waals surface area contributed by atoms with Crippen molar-refractivity contribution >= 4 is 11.7 Å². The molecule has 27 heavy (non-hydrogen) atoms. The Labute approximate surface area is 162 Å². The van der Waals surface area contributed by atoms with Crippen molar-refractivity contribution < 1.29 is 14.7 Å². The molecule has 2 fully saturated rings. The number of allylic oxidation sites excluding steroid dienone is 2. The quantitative estimate of drug-likeness (QED) is 0.249. The Hall–Kier alpha value is -1.76. The molecule has 0 aromatic carbocycles. The number of carbonyl (C=O) groups excluding carboxylic acids is 1. The zero-order valence-corrected chi connectivity index (χ0v) is 16.6. The summed E-state index contributed by atoms with van der Waals surface area (Å²) in [6.07, 6.45) is 16.2. The van der Waals surface area contributed by atoms with E-state index in [2.05, 4.69) is 18.0 Å². The SMILES string of the molecule is C#C[C@]1(OC(C)=O)CC[C@H]2[C@@H]3CCC4=C(CC/C(=N/O)C4)[C@H]3CC[C@@]21CC. The van der Waals surface area contributed by atoms with Gasteiger partial charge in [-0.05, 0) is 75.5 Å². The predicted molar refractivity (Wildman–Crippen MR) is 104 cm³/mol. The number of nitrogens with zero attached hydrogens (tertiary/aromatic N) is 1.